The van der Waals surface area contributed by atoms with Crippen LogP contribution in [0.4, 0.5) is 0 Å². The molecule has 2 heterocycles. The van der Waals surface area contributed by atoms with E-state index >= 15 is 0 Å². The van der Waals surface area contributed by atoms with Crippen LogP contribution in [0, 0.1) is 12.3 Å². The van der Waals surface area contributed by atoms with Gasteiger partial charge >= 0.3 is 0 Å². The molecule has 0 saturated carbocycles. The van der Waals surface area contributed by atoms with Crippen molar-refractivity contribution in [1.82, 2.24) is 4.98 Å². The van der Waals surface area contributed by atoms with Crippen LogP contribution in [-0.4, -0.2) is 10.7 Å². The summed E-state index contributed by atoms with van der Waals surface area (Å²) in [5, 5.41) is 0. The van der Waals surface area contributed by atoms with E-state index in [1.165, 1.54) is 67.1 Å². The van der Waals surface area contributed by atoms with Crippen LogP contribution in [0.2, 0.25) is 0 Å². The van der Waals surface area contributed by atoms with Gasteiger partial charge in [0.05, 0.1) is 22.8 Å². The number of hydrogen-bond donors (Lipinski definition) is 1. The first-order valence-electron chi connectivity index (χ1n) is 14.2. The van der Waals surface area contributed by atoms with Gasteiger partial charge in [-0.25, -0.2) is 4.99 Å². The molecule has 194 valence electrons. The summed E-state index contributed by atoms with van der Waals surface area (Å²) in [7, 11) is 0. The minimum absolute atomic E-state index is 0.0196. The van der Waals surface area contributed by atoms with E-state index in [0.29, 0.717) is 0 Å². The minimum Gasteiger partial charge on any atom is -0.354 e. The van der Waals surface area contributed by atoms with Gasteiger partial charge in [-0.2, -0.15) is 0 Å². The van der Waals surface area contributed by atoms with E-state index in [4.69, 9.17) is 4.99 Å². The van der Waals surface area contributed by atoms with E-state index in [0.717, 1.165) is 24.3 Å². The molecule has 0 bridgehead atoms. The molecule has 3 aromatic carbocycles. The predicted molar refractivity (Wildman–Crippen MR) is 163 cm³/mol. The van der Waals surface area contributed by atoms with Gasteiger partial charge in [0.1, 0.15) is 0 Å². The number of H-pyrrole nitrogens is 1. The molecule has 0 unspecified atom stereocenters. The number of allylic oxidation sites excluding steroid dienone is 2. The molecule has 39 heavy (non-hydrogen) atoms. The van der Waals surface area contributed by atoms with Crippen LogP contribution in [0.5, 0.6) is 0 Å². The van der Waals surface area contributed by atoms with Gasteiger partial charge in [0.2, 0.25) is 0 Å². The molecule has 1 aromatic heterocycles. The van der Waals surface area contributed by atoms with E-state index in [9.17, 15) is 0 Å². The Morgan fingerprint density at radius 3 is 2.03 bits per heavy atom. The standard InChI is InChI=1S/C37H36N2/c1-22-30-34(27-18-12-10-16-25(27)20-36(30,3)4)38-32(22)29(24-14-8-7-9-15-24)33-23(2)31-35(39-33)28-19-13-11-17-26(28)21-37(31,5)6/h7-19,38H,20-21H2,1-6H3/b33-29-. The second-order valence-corrected chi connectivity index (χ2v) is 12.9. The molecule has 0 spiro atoms. The molecule has 0 saturated heterocycles. The topological polar surface area (TPSA) is 28.1 Å². The smallest absolute Gasteiger partial charge is 0.0769 e. The lowest BCUT2D eigenvalue weighted by molar-refractivity contribution is 0.453. The number of aliphatic imine (C=N–C) groups is 1. The van der Waals surface area contributed by atoms with Gasteiger partial charge in [-0.1, -0.05) is 107 Å². The van der Waals surface area contributed by atoms with Gasteiger partial charge in [-0.05, 0) is 76.5 Å². The van der Waals surface area contributed by atoms with Crippen LogP contribution < -0.4 is 0 Å². The number of aromatic amines is 1. The number of aromatic nitrogens is 1. The van der Waals surface area contributed by atoms with Gasteiger partial charge in [0.25, 0.3) is 0 Å². The summed E-state index contributed by atoms with van der Waals surface area (Å²) in [6.07, 6.45) is 2.07. The molecule has 0 amide bonds. The molecular weight excluding hydrogens is 472 g/mol. The lowest BCUT2D eigenvalue weighted by atomic mass is 9.68. The molecule has 2 aliphatic carbocycles. The van der Waals surface area contributed by atoms with Crippen molar-refractivity contribution >= 4 is 11.3 Å². The Bertz CT molecular complexity index is 1750. The number of nitrogens with one attached hydrogen (secondary N) is 1. The average molecular weight is 509 g/mol. The van der Waals surface area contributed by atoms with Crippen molar-refractivity contribution in [2.24, 2.45) is 10.4 Å². The Kier molecular flexibility index (Phi) is 5.14. The second-order valence-electron chi connectivity index (χ2n) is 12.9. The Morgan fingerprint density at radius 2 is 1.31 bits per heavy atom. The minimum atomic E-state index is 0.0196. The zero-order valence-electron chi connectivity index (χ0n) is 23.9. The number of benzene rings is 3. The van der Waals surface area contributed by atoms with Crippen LogP contribution in [0.3, 0.4) is 0 Å². The van der Waals surface area contributed by atoms with Crippen molar-refractivity contribution in [1.29, 1.82) is 0 Å². The summed E-state index contributed by atoms with van der Waals surface area (Å²) in [5.74, 6) is 0. The van der Waals surface area contributed by atoms with Crippen LogP contribution in [0.1, 0.15) is 73.7 Å². The van der Waals surface area contributed by atoms with Gasteiger partial charge in [0.15, 0.2) is 0 Å². The molecule has 1 aliphatic heterocycles. The van der Waals surface area contributed by atoms with E-state index in [1.54, 1.807) is 0 Å². The Labute approximate surface area is 232 Å². The largest absolute Gasteiger partial charge is 0.354 e. The van der Waals surface area contributed by atoms with Crippen molar-refractivity contribution in [3.63, 3.8) is 0 Å². The van der Waals surface area contributed by atoms with Crippen LogP contribution >= 0.6 is 0 Å². The first kappa shape index (κ1) is 24.2. The second kappa shape index (κ2) is 8.29. The maximum Gasteiger partial charge on any atom is 0.0769 e. The molecule has 0 radical (unpaired) electrons. The highest BCUT2D eigenvalue weighted by Crippen LogP contribution is 2.51. The number of rotatable bonds is 2. The third-order valence-electron chi connectivity index (χ3n) is 9.17. The highest BCUT2D eigenvalue weighted by molar-refractivity contribution is 6.19. The van der Waals surface area contributed by atoms with Crippen LogP contribution in [0.15, 0.2) is 101 Å². The van der Waals surface area contributed by atoms with E-state index < -0.39 is 0 Å². The molecule has 3 aliphatic rings. The lowest BCUT2D eigenvalue weighted by Gasteiger charge is -2.34. The van der Waals surface area contributed by atoms with Crippen molar-refractivity contribution in [3.8, 4) is 11.3 Å². The zero-order valence-corrected chi connectivity index (χ0v) is 23.9. The van der Waals surface area contributed by atoms with Crippen LogP contribution in [-0.2, 0) is 18.3 Å². The zero-order chi connectivity index (χ0) is 27.1. The first-order valence-corrected chi connectivity index (χ1v) is 14.2. The summed E-state index contributed by atoms with van der Waals surface area (Å²) < 4.78 is 0. The number of fused-ring (bicyclic) bond motifs is 6. The maximum atomic E-state index is 5.51. The molecule has 7 rings (SSSR count). The first-order chi connectivity index (χ1) is 18.7. The normalized spacial score (nSPS) is 19.6. The third kappa shape index (κ3) is 3.50. The Balaban J connectivity index is 1.56. The fourth-order valence-corrected chi connectivity index (χ4v) is 7.66. The quantitative estimate of drug-likeness (QED) is 0.280. The van der Waals surface area contributed by atoms with E-state index in [-0.39, 0.29) is 10.8 Å². The maximum absolute atomic E-state index is 5.51. The monoisotopic (exact) mass is 508 g/mol. The third-order valence-corrected chi connectivity index (χ3v) is 9.17. The van der Waals surface area contributed by atoms with E-state index in [1.807, 2.05) is 0 Å². The van der Waals surface area contributed by atoms with E-state index in [2.05, 4.69) is 125 Å². The SMILES string of the molecule is CC1=C2C(=N/C1=C(/c1ccccc1)c1[nH]c3c(c1C)C(C)(C)Cc1ccccc1-3)c1ccccc1CC2(C)C. The Hall–Kier alpha value is -3.91. The summed E-state index contributed by atoms with van der Waals surface area (Å²) in [6, 6.07) is 28.6. The molecule has 2 nitrogen and oxygen atoms in total. The van der Waals surface area contributed by atoms with Crippen molar-refractivity contribution in [2.75, 3.05) is 0 Å². The predicted octanol–water partition coefficient (Wildman–Crippen LogP) is 8.98. The van der Waals surface area contributed by atoms with Crippen molar-refractivity contribution < 1.29 is 0 Å². The van der Waals surface area contributed by atoms with Crippen molar-refractivity contribution in [2.45, 2.75) is 59.8 Å². The number of nitrogens with zero attached hydrogens (tertiary/aromatic N) is 1. The number of hydrogen-bond acceptors (Lipinski definition) is 1. The molecule has 0 fully saturated rings. The summed E-state index contributed by atoms with van der Waals surface area (Å²) in [5.41, 5.74) is 18.1. The Morgan fingerprint density at radius 1 is 0.718 bits per heavy atom. The van der Waals surface area contributed by atoms with Crippen LogP contribution in [0.25, 0.3) is 16.8 Å². The van der Waals surface area contributed by atoms with Crippen molar-refractivity contribution in [3.05, 3.63) is 135 Å². The molecule has 1 N–H and O–H groups in total. The molecule has 4 aromatic rings. The molecular formula is C37H36N2. The fourth-order valence-electron chi connectivity index (χ4n) is 7.66. The highest BCUT2D eigenvalue weighted by Gasteiger charge is 2.41. The lowest BCUT2D eigenvalue weighted by Crippen LogP contribution is -2.30. The summed E-state index contributed by atoms with van der Waals surface area (Å²) >= 11 is 0. The molecule has 2 heteroatoms. The highest BCUT2D eigenvalue weighted by atomic mass is 14.8. The van der Waals surface area contributed by atoms with Gasteiger partial charge < -0.3 is 4.98 Å². The fraction of sp³-hybridized carbons (Fsp3) is 0.270. The van der Waals surface area contributed by atoms with Gasteiger partial charge in [-0.15, -0.1) is 0 Å². The summed E-state index contributed by atoms with van der Waals surface area (Å²) in [4.78, 5) is 9.49. The average Bonchev–Trinajstić information content (AvgIpc) is 3.44. The van der Waals surface area contributed by atoms with Gasteiger partial charge in [0, 0.05) is 16.7 Å². The van der Waals surface area contributed by atoms with Gasteiger partial charge in [-0.3, -0.25) is 0 Å². The summed E-state index contributed by atoms with van der Waals surface area (Å²) in [6.45, 7) is 14.1. The molecule has 0 atom stereocenters.